The van der Waals surface area contributed by atoms with E-state index >= 15 is 0 Å². The smallest absolute Gasteiger partial charge is 0.251 e. The van der Waals surface area contributed by atoms with E-state index in [0.29, 0.717) is 16.2 Å². The first-order valence-electron chi connectivity index (χ1n) is 8.09. The molecule has 2 aromatic rings. The molecule has 134 valence electrons. The van der Waals surface area contributed by atoms with Gasteiger partial charge < -0.3 is 10.3 Å². The second-order valence-corrected chi connectivity index (χ2v) is 8.91. The van der Waals surface area contributed by atoms with Gasteiger partial charge in [0.25, 0.3) is 5.56 Å². The number of nitrogens with one attached hydrogen (secondary N) is 2. The molecule has 0 aliphatic carbocycles. The van der Waals surface area contributed by atoms with Crippen LogP contribution in [-0.4, -0.2) is 26.4 Å². The van der Waals surface area contributed by atoms with E-state index in [2.05, 4.69) is 29.1 Å². The lowest BCUT2D eigenvalue weighted by Crippen LogP contribution is -2.23. The molecule has 0 radical (unpaired) electrons. The van der Waals surface area contributed by atoms with Crippen LogP contribution in [0, 0.1) is 6.92 Å². The summed E-state index contributed by atoms with van der Waals surface area (Å²) in [6.45, 7) is 8.00. The first-order chi connectivity index (χ1) is 11.8. The predicted molar refractivity (Wildman–Crippen MR) is 106 cm³/mol. The average molecular weight is 378 g/mol. The number of hydrogen-bond donors (Lipinski definition) is 2. The van der Waals surface area contributed by atoms with Crippen molar-refractivity contribution >= 4 is 35.1 Å². The Labute approximate surface area is 156 Å². The third-order valence-electron chi connectivity index (χ3n) is 3.31. The van der Waals surface area contributed by atoms with Gasteiger partial charge in [-0.2, -0.15) is 11.8 Å². The van der Waals surface area contributed by atoms with E-state index in [9.17, 15) is 9.59 Å². The van der Waals surface area contributed by atoms with Crippen LogP contribution in [0.5, 0.6) is 0 Å². The molecule has 1 heterocycles. The summed E-state index contributed by atoms with van der Waals surface area (Å²) >= 11 is 2.97. The zero-order valence-electron chi connectivity index (χ0n) is 14.8. The highest BCUT2D eigenvalue weighted by atomic mass is 32.2. The van der Waals surface area contributed by atoms with Gasteiger partial charge in [-0.1, -0.05) is 43.3 Å². The number of nitrogens with zero attached hydrogens (tertiary/aromatic N) is 1. The topological polar surface area (TPSA) is 74.8 Å². The maximum atomic E-state index is 12.3. The minimum absolute atomic E-state index is 0.126. The van der Waals surface area contributed by atoms with Gasteiger partial charge in [-0.05, 0) is 31.2 Å². The summed E-state index contributed by atoms with van der Waals surface area (Å²) < 4.78 is 0. The Morgan fingerprint density at radius 1 is 1.24 bits per heavy atom. The zero-order chi connectivity index (χ0) is 18.4. The number of benzene rings is 1. The van der Waals surface area contributed by atoms with E-state index in [-0.39, 0.29) is 16.7 Å². The highest BCUT2D eigenvalue weighted by Crippen LogP contribution is 2.22. The van der Waals surface area contributed by atoms with Gasteiger partial charge in [0.05, 0.1) is 10.9 Å². The van der Waals surface area contributed by atoms with Crippen LogP contribution in [0.3, 0.4) is 0 Å². The number of amides is 1. The Balaban J connectivity index is 2.01. The molecule has 5 nitrogen and oxygen atoms in total. The fourth-order valence-corrected chi connectivity index (χ4v) is 3.45. The normalized spacial score (nSPS) is 12.2. The van der Waals surface area contributed by atoms with Gasteiger partial charge >= 0.3 is 0 Å². The number of aryl methyl sites for hydroxylation is 1. The summed E-state index contributed by atoms with van der Waals surface area (Å²) in [5.74, 6) is 0.553. The summed E-state index contributed by atoms with van der Waals surface area (Å²) in [5, 5.41) is 3.44. The number of H-pyrrole nitrogens is 1. The van der Waals surface area contributed by atoms with Gasteiger partial charge in [-0.15, -0.1) is 0 Å². The number of hydrogen-bond acceptors (Lipinski definition) is 5. The van der Waals surface area contributed by atoms with Gasteiger partial charge in [0.2, 0.25) is 5.91 Å². The highest BCUT2D eigenvalue weighted by Gasteiger charge is 2.16. The SMILES string of the molecule is Cc1ccc(NC(=O)C(C)Sc2nc(CSC(C)C)cc(=O)[nH]2)cc1. The number of carbonyl (C=O) groups excluding carboxylic acids is 1. The van der Waals surface area contributed by atoms with Crippen LogP contribution >= 0.6 is 23.5 Å². The lowest BCUT2D eigenvalue weighted by atomic mass is 10.2. The molecule has 25 heavy (non-hydrogen) atoms. The van der Waals surface area contributed by atoms with E-state index in [1.54, 1.807) is 18.7 Å². The summed E-state index contributed by atoms with van der Waals surface area (Å²) in [5.41, 5.74) is 2.43. The second-order valence-electron chi connectivity index (χ2n) is 6.02. The quantitative estimate of drug-likeness (QED) is 0.566. The molecule has 1 aromatic carbocycles. The number of carbonyl (C=O) groups is 1. The Hall–Kier alpha value is -1.73. The largest absolute Gasteiger partial charge is 0.325 e. The van der Waals surface area contributed by atoms with Crippen molar-refractivity contribution in [2.75, 3.05) is 5.32 Å². The number of rotatable bonds is 7. The maximum Gasteiger partial charge on any atom is 0.251 e. The molecule has 2 rings (SSSR count). The molecule has 7 heteroatoms. The Kier molecular flexibility index (Phi) is 7.13. The van der Waals surface area contributed by atoms with Crippen LogP contribution in [0.2, 0.25) is 0 Å². The fraction of sp³-hybridized carbons (Fsp3) is 0.389. The van der Waals surface area contributed by atoms with Gasteiger partial charge in [0.1, 0.15) is 0 Å². The number of thioether (sulfide) groups is 2. The number of anilines is 1. The second kappa shape index (κ2) is 9.10. The summed E-state index contributed by atoms with van der Waals surface area (Å²) in [6.07, 6.45) is 0. The molecule has 0 aliphatic rings. The minimum Gasteiger partial charge on any atom is -0.325 e. The van der Waals surface area contributed by atoms with Crippen molar-refractivity contribution in [1.29, 1.82) is 0 Å². The van der Waals surface area contributed by atoms with Crippen LogP contribution in [-0.2, 0) is 10.5 Å². The molecule has 0 saturated heterocycles. The van der Waals surface area contributed by atoms with Crippen molar-refractivity contribution in [2.24, 2.45) is 0 Å². The van der Waals surface area contributed by atoms with Crippen molar-refractivity contribution in [1.82, 2.24) is 9.97 Å². The van der Waals surface area contributed by atoms with Gasteiger partial charge in [0, 0.05) is 17.5 Å². The lowest BCUT2D eigenvalue weighted by Gasteiger charge is -2.12. The van der Waals surface area contributed by atoms with Gasteiger partial charge in [0.15, 0.2) is 5.16 Å². The first kappa shape index (κ1) is 19.6. The monoisotopic (exact) mass is 377 g/mol. The Bertz CT molecular complexity index is 773. The van der Waals surface area contributed by atoms with Crippen LogP contribution in [0.1, 0.15) is 32.0 Å². The van der Waals surface area contributed by atoms with Crippen molar-refractivity contribution in [3.8, 4) is 0 Å². The first-order valence-corrected chi connectivity index (χ1v) is 10.0. The van der Waals surface area contributed by atoms with Crippen LogP contribution in [0.25, 0.3) is 0 Å². The summed E-state index contributed by atoms with van der Waals surface area (Å²) in [7, 11) is 0. The van der Waals surface area contributed by atoms with Crippen molar-refractivity contribution < 1.29 is 4.79 Å². The Morgan fingerprint density at radius 3 is 2.56 bits per heavy atom. The van der Waals surface area contributed by atoms with Crippen LogP contribution in [0.15, 0.2) is 40.3 Å². The molecule has 0 spiro atoms. The molecule has 0 aliphatic heterocycles. The molecular weight excluding hydrogens is 354 g/mol. The molecule has 0 bridgehead atoms. The highest BCUT2D eigenvalue weighted by molar-refractivity contribution is 8.00. The molecule has 2 N–H and O–H groups in total. The predicted octanol–water partition coefficient (Wildman–Crippen LogP) is 3.84. The molecule has 1 atom stereocenters. The molecule has 1 aromatic heterocycles. The lowest BCUT2D eigenvalue weighted by molar-refractivity contribution is -0.115. The minimum atomic E-state index is -0.377. The molecule has 0 fully saturated rings. The Morgan fingerprint density at radius 2 is 1.92 bits per heavy atom. The van der Waals surface area contributed by atoms with E-state index in [0.717, 1.165) is 16.9 Å². The summed E-state index contributed by atoms with van der Waals surface area (Å²) in [6, 6.07) is 9.14. The molecular formula is C18H23N3O2S2. The number of aromatic amines is 1. The molecule has 1 unspecified atom stereocenters. The molecule has 0 saturated carbocycles. The third kappa shape index (κ3) is 6.59. The van der Waals surface area contributed by atoms with E-state index < -0.39 is 0 Å². The maximum absolute atomic E-state index is 12.3. The average Bonchev–Trinajstić information content (AvgIpc) is 2.54. The number of aromatic nitrogens is 2. The van der Waals surface area contributed by atoms with Gasteiger partial charge in [-0.3, -0.25) is 9.59 Å². The standard InChI is InChI=1S/C18H23N3O2S2/c1-11(2)24-10-15-9-16(22)21-18(20-15)25-13(4)17(23)19-14-7-5-12(3)6-8-14/h5-9,11,13H,10H2,1-4H3,(H,19,23)(H,20,21,22). The van der Waals surface area contributed by atoms with E-state index in [1.165, 1.54) is 17.8 Å². The van der Waals surface area contributed by atoms with Crippen LogP contribution < -0.4 is 10.9 Å². The van der Waals surface area contributed by atoms with Crippen molar-refractivity contribution in [3.63, 3.8) is 0 Å². The van der Waals surface area contributed by atoms with E-state index in [1.807, 2.05) is 31.2 Å². The fourth-order valence-electron chi connectivity index (χ4n) is 1.97. The van der Waals surface area contributed by atoms with Gasteiger partial charge in [-0.25, -0.2) is 4.98 Å². The third-order valence-corrected chi connectivity index (χ3v) is 5.43. The van der Waals surface area contributed by atoms with Crippen LogP contribution in [0.4, 0.5) is 5.69 Å². The van der Waals surface area contributed by atoms with E-state index in [4.69, 9.17) is 0 Å². The van der Waals surface area contributed by atoms with Crippen molar-refractivity contribution in [2.45, 2.75) is 49.1 Å². The zero-order valence-corrected chi connectivity index (χ0v) is 16.5. The van der Waals surface area contributed by atoms with Crippen molar-refractivity contribution in [3.05, 3.63) is 51.9 Å². The summed E-state index contributed by atoms with van der Waals surface area (Å²) in [4.78, 5) is 31.3. The molecule has 1 amide bonds.